The highest BCUT2D eigenvalue weighted by Crippen LogP contribution is 2.13. The third-order valence-electron chi connectivity index (χ3n) is 2.46. The van der Waals surface area contributed by atoms with Crippen LogP contribution in [0.5, 0.6) is 5.75 Å². The molecular weight excluding hydrogens is 242 g/mol. The Hall–Kier alpha value is -1.55. The highest BCUT2D eigenvalue weighted by Gasteiger charge is 2.15. The van der Waals surface area contributed by atoms with Crippen LogP contribution in [-0.2, 0) is 9.53 Å². The normalized spacial score (nSPS) is 18.2. The van der Waals surface area contributed by atoms with Crippen LogP contribution in [0.15, 0.2) is 30.3 Å². The highest BCUT2D eigenvalue weighted by atomic mass is 16.5. The third kappa shape index (κ3) is 7.47. The second-order valence-corrected chi connectivity index (χ2v) is 5.37. The number of benzene rings is 1. The molecule has 4 heteroatoms. The summed E-state index contributed by atoms with van der Waals surface area (Å²) < 4.78 is 10.3. The summed E-state index contributed by atoms with van der Waals surface area (Å²) in [6.07, 6.45) is 1.49. The largest absolute Gasteiger partial charge is 0.489 e. The summed E-state index contributed by atoms with van der Waals surface area (Å²) in [4.78, 5) is 9.60. The van der Waals surface area contributed by atoms with E-state index in [2.05, 4.69) is 10.1 Å². The minimum atomic E-state index is -0.318. The Balaban J connectivity index is 0.000000224. The van der Waals surface area contributed by atoms with Crippen molar-refractivity contribution in [1.82, 2.24) is 5.32 Å². The van der Waals surface area contributed by atoms with Gasteiger partial charge in [-0.15, -0.1) is 0 Å². The van der Waals surface area contributed by atoms with Crippen LogP contribution in [0, 0.1) is 0 Å². The van der Waals surface area contributed by atoms with Crippen LogP contribution in [-0.4, -0.2) is 31.3 Å². The maximum Gasteiger partial charge on any atom is 0.293 e. The lowest BCUT2D eigenvalue weighted by Crippen LogP contribution is -2.19. The lowest BCUT2D eigenvalue weighted by Gasteiger charge is -2.14. The summed E-state index contributed by atoms with van der Waals surface area (Å²) in [5.41, 5.74) is -0.318. The van der Waals surface area contributed by atoms with Gasteiger partial charge in [-0.3, -0.25) is 4.79 Å². The fourth-order valence-corrected chi connectivity index (χ4v) is 1.56. The van der Waals surface area contributed by atoms with Crippen molar-refractivity contribution in [1.29, 1.82) is 0 Å². The van der Waals surface area contributed by atoms with Gasteiger partial charge in [-0.25, -0.2) is 0 Å². The summed E-state index contributed by atoms with van der Waals surface area (Å²) >= 11 is 0. The van der Waals surface area contributed by atoms with E-state index in [-0.39, 0.29) is 5.60 Å². The molecule has 0 bridgehead atoms. The Labute approximate surface area is 115 Å². The summed E-state index contributed by atoms with van der Waals surface area (Å²) in [5.74, 6) is 0.978. The second kappa shape index (κ2) is 7.79. The summed E-state index contributed by atoms with van der Waals surface area (Å²) in [6.45, 7) is 7.98. The van der Waals surface area contributed by atoms with E-state index >= 15 is 0 Å². The molecule has 1 unspecified atom stereocenters. The minimum absolute atomic E-state index is 0.318. The van der Waals surface area contributed by atoms with Crippen molar-refractivity contribution in [2.75, 3.05) is 13.1 Å². The molecule has 0 amide bonds. The smallest absolute Gasteiger partial charge is 0.293 e. The predicted octanol–water partition coefficient (Wildman–Crippen LogP) is 2.39. The van der Waals surface area contributed by atoms with Gasteiger partial charge in [0.05, 0.1) is 0 Å². The maximum absolute atomic E-state index is 9.60. The number of hydrogen-bond acceptors (Lipinski definition) is 4. The first kappa shape index (κ1) is 15.5. The van der Waals surface area contributed by atoms with E-state index in [1.165, 1.54) is 0 Å². The number of rotatable bonds is 3. The van der Waals surface area contributed by atoms with Gasteiger partial charge in [-0.05, 0) is 45.9 Å². The lowest BCUT2D eigenvalue weighted by atomic mass is 10.2. The van der Waals surface area contributed by atoms with Crippen molar-refractivity contribution in [3.63, 3.8) is 0 Å². The third-order valence-corrected chi connectivity index (χ3v) is 2.46. The predicted molar refractivity (Wildman–Crippen MR) is 75.2 cm³/mol. The molecule has 106 valence electrons. The number of hydrogen-bond donors (Lipinski definition) is 1. The second-order valence-electron chi connectivity index (χ2n) is 5.37. The van der Waals surface area contributed by atoms with Gasteiger partial charge in [-0.2, -0.15) is 0 Å². The van der Waals surface area contributed by atoms with Crippen LogP contribution in [0.4, 0.5) is 0 Å². The summed E-state index contributed by atoms with van der Waals surface area (Å²) in [6, 6.07) is 9.99. The quantitative estimate of drug-likeness (QED) is 0.852. The lowest BCUT2D eigenvalue weighted by molar-refractivity contribution is -0.138. The van der Waals surface area contributed by atoms with Gasteiger partial charge in [-0.1, -0.05) is 18.2 Å². The molecule has 0 saturated carbocycles. The molecule has 1 aromatic rings. The Bertz CT molecular complexity index is 353. The topological polar surface area (TPSA) is 47.6 Å². The summed E-state index contributed by atoms with van der Waals surface area (Å²) in [5, 5.41) is 3.27. The zero-order valence-corrected chi connectivity index (χ0v) is 11.9. The molecule has 2 rings (SSSR count). The van der Waals surface area contributed by atoms with Crippen molar-refractivity contribution in [2.24, 2.45) is 0 Å². The number of ether oxygens (including phenoxy) is 2. The molecular formula is C15H23NO3. The average Bonchev–Trinajstić information content (AvgIpc) is 2.82. The number of nitrogens with one attached hydrogen (secondary N) is 1. The van der Waals surface area contributed by atoms with Crippen LogP contribution in [0.1, 0.15) is 27.2 Å². The Morgan fingerprint density at radius 1 is 1.26 bits per heavy atom. The summed E-state index contributed by atoms with van der Waals surface area (Å²) in [7, 11) is 0. The molecule has 1 aliphatic heterocycles. The highest BCUT2D eigenvalue weighted by molar-refractivity contribution is 5.37. The number of carbonyl (C=O) groups excluding carboxylic acids is 1. The zero-order chi connectivity index (χ0) is 14.1. The van der Waals surface area contributed by atoms with Gasteiger partial charge in [0.15, 0.2) is 0 Å². The Kier molecular flexibility index (Phi) is 6.36. The molecule has 0 radical (unpaired) electrons. The van der Waals surface area contributed by atoms with E-state index in [9.17, 15) is 4.79 Å². The fourth-order valence-electron chi connectivity index (χ4n) is 1.56. The molecule has 1 heterocycles. The van der Waals surface area contributed by atoms with Crippen molar-refractivity contribution in [2.45, 2.75) is 38.9 Å². The van der Waals surface area contributed by atoms with Gasteiger partial charge < -0.3 is 14.8 Å². The molecule has 19 heavy (non-hydrogen) atoms. The van der Waals surface area contributed by atoms with Gasteiger partial charge in [0.2, 0.25) is 0 Å². The van der Waals surface area contributed by atoms with E-state index in [0.29, 0.717) is 12.6 Å². The van der Waals surface area contributed by atoms with E-state index < -0.39 is 0 Å². The van der Waals surface area contributed by atoms with E-state index in [1.54, 1.807) is 0 Å². The van der Waals surface area contributed by atoms with Crippen molar-refractivity contribution in [3.05, 3.63) is 30.3 Å². The molecule has 1 aliphatic rings. The molecule has 0 aliphatic carbocycles. The first-order chi connectivity index (χ1) is 9.01. The van der Waals surface area contributed by atoms with Crippen LogP contribution in [0.25, 0.3) is 0 Å². The van der Waals surface area contributed by atoms with Gasteiger partial charge >= 0.3 is 0 Å². The first-order valence-corrected chi connectivity index (χ1v) is 6.55. The minimum Gasteiger partial charge on any atom is -0.489 e. The molecule has 1 fully saturated rings. The molecule has 0 spiro atoms. The van der Waals surface area contributed by atoms with Crippen molar-refractivity contribution < 1.29 is 14.3 Å². The Morgan fingerprint density at radius 3 is 2.37 bits per heavy atom. The van der Waals surface area contributed by atoms with Crippen LogP contribution in [0.3, 0.4) is 0 Å². The monoisotopic (exact) mass is 265 g/mol. The molecule has 0 aromatic heterocycles. The Morgan fingerprint density at radius 2 is 1.95 bits per heavy atom. The van der Waals surface area contributed by atoms with Crippen molar-refractivity contribution >= 4 is 6.47 Å². The average molecular weight is 265 g/mol. The first-order valence-electron chi connectivity index (χ1n) is 6.55. The van der Waals surface area contributed by atoms with Crippen LogP contribution < -0.4 is 10.1 Å². The van der Waals surface area contributed by atoms with E-state index in [0.717, 1.165) is 25.3 Å². The number of carbonyl (C=O) groups is 1. The van der Waals surface area contributed by atoms with Gasteiger partial charge in [0.1, 0.15) is 17.5 Å². The van der Waals surface area contributed by atoms with Crippen molar-refractivity contribution in [3.8, 4) is 5.75 Å². The molecule has 1 atom stereocenters. The van der Waals surface area contributed by atoms with E-state index in [1.807, 2.05) is 51.1 Å². The van der Waals surface area contributed by atoms with Gasteiger partial charge in [0.25, 0.3) is 6.47 Å². The maximum atomic E-state index is 9.60. The number of para-hydroxylation sites is 1. The SMILES string of the molecule is CC(C)(C)OC=O.c1ccc(OC2CCNC2)cc1. The van der Waals surface area contributed by atoms with Gasteiger partial charge in [0, 0.05) is 6.54 Å². The molecule has 1 aromatic carbocycles. The van der Waals surface area contributed by atoms with E-state index in [4.69, 9.17) is 4.74 Å². The molecule has 1 N–H and O–H groups in total. The molecule has 1 saturated heterocycles. The molecule has 4 nitrogen and oxygen atoms in total. The van der Waals surface area contributed by atoms with Crippen LogP contribution >= 0.6 is 0 Å². The fraction of sp³-hybridized carbons (Fsp3) is 0.533. The van der Waals surface area contributed by atoms with Crippen LogP contribution in [0.2, 0.25) is 0 Å². The zero-order valence-electron chi connectivity index (χ0n) is 11.9. The standard InChI is InChI=1S/C10H13NO.C5H10O2/c1-2-4-9(5-3-1)12-10-6-7-11-8-10;1-5(2,3)7-4-6/h1-5,10-11H,6-8H2;4H,1-3H3.